The SMILES string of the molecule is CCCC1(C)OCCC(C)(C)O1. The Hall–Kier alpha value is -0.0800. The number of hydrogen-bond acceptors (Lipinski definition) is 2. The fourth-order valence-corrected chi connectivity index (χ4v) is 1.75. The molecule has 72 valence electrons. The van der Waals surface area contributed by atoms with Crippen molar-refractivity contribution in [3.05, 3.63) is 0 Å². The summed E-state index contributed by atoms with van der Waals surface area (Å²) in [4.78, 5) is 0. The Morgan fingerprint density at radius 2 is 1.92 bits per heavy atom. The van der Waals surface area contributed by atoms with Gasteiger partial charge in [-0.15, -0.1) is 0 Å². The second-order valence-corrected chi connectivity index (χ2v) is 4.34. The molecule has 0 radical (unpaired) electrons. The topological polar surface area (TPSA) is 18.5 Å². The fourth-order valence-electron chi connectivity index (χ4n) is 1.75. The van der Waals surface area contributed by atoms with Crippen molar-refractivity contribution in [2.24, 2.45) is 0 Å². The van der Waals surface area contributed by atoms with Crippen LogP contribution in [-0.2, 0) is 9.47 Å². The van der Waals surface area contributed by atoms with E-state index in [2.05, 4.69) is 20.8 Å². The van der Waals surface area contributed by atoms with E-state index in [-0.39, 0.29) is 11.4 Å². The summed E-state index contributed by atoms with van der Waals surface area (Å²) >= 11 is 0. The lowest BCUT2D eigenvalue weighted by Crippen LogP contribution is -2.47. The molecule has 2 nitrogen and oxygen atoms in total. The Bertz CT molecular complexity index is 150. The van der Waals surface area contributed by atoms with E-state index in [0.29, 0.717) is 0 Å². The lowest BCUT2D eigenvalue weighted by atomic mass is 10.0. The van der Waals surface area contributed by atoms with E-state index in [0.717, 1.165) is 25.9 Å². The van der Waals surface area contributed by atoms with Crippen molar-refractivity contribution >= 4 is 0 Å². The molecule has 0 bridgehead atoms. The van der Waals surface area contributed by atoms with Gasteiger partial charge in [-0.3, -0.25) is 0 Å². The monoisotopic (exact) mass is 172 g/mol. The average molecular weight is 172 g/mol. The molecule has 0 N–H and O–H groups in total. The summed E-state index contributed by atoms with van der Waals surface area (Å²) in [5.41, 5.74) is -0.0117. The molecular formula is C10H20O2. The Morgan fingerprint density at radius 1 is 1.25 bits per heavy atom. The van der Waals surface area contributed by atoms with Crippen LogP contribution in [0.2, 0.25) is 0 Å². The summed E-state index contributed by atoms with van der Waals surface area (Å²) in [6, 6.07) is 0. The molecule has 0 aliphatic carbocycles. The third-order valence-electron chi connectivity index (χ3n) is 2.31. The summed E-state index contributed by atoms with van der Waals surface area (Å²) in [5.74, 6) is -0.337. The average Bonchev–Trinajstić information content (AvgIpc) is 1.83. The van der Waals surface area contributed by atoms with E-state index in [4.69, 9.17) is 9.47 Å². The van der Waals surface area contributed by atoms with Gasteiger partial charge in [0.25, 0.3) is 0 Å². The van der Waals surface area contributed by atoms with Crippen LogP contribution in [0.1, 0.15) is 47.0 Å². The lowest BCUT2D eigenvalue weighted by Gasteiger charge is -2.43. The molecule has 0 spiro atoms. The summed E-state index contributed by atoms with van der Waals surface area (Å²) in [7, 11) is 0. The highest BCUT2D eigenvalue weighted by Gasteiger charge is 2.37. The van der Waals surface area contributed by atoms with Gasteiger partial charge in [0.1, 0.15) is 0 Å². The predicted molar refractivity (Wildman–Crippen MR) is 49.0 cm³/mol. The molecule has 1 aliphatic rings. The van der Waals surface area contributed by atoms with Gasteiger partial charge in [0.15, 0.2) is 5.79 Å². The van der Waals surface area contributed by atoms with Gasteiger partial charge in [0.05, 0.1) is 12.2 Å². The van der Waals surface area contributed by atoms with Crippen LogP contribution >= 0.6 is 0 Å². The second kappa shape index (κ2) is 3.35. The molecule has 1 rings (SSSR count). The highest BCUT2D eigenvalue weighted by molar-refractivity contribution is 4.78. The summed E-state index contributed by atoms with van der Waals surface area (Å²) in [5, 5.41) is 0. The van der Waals surface area contributed by atoms with Crippen LogP contribution in [0.5, 0.6) is 0 Å². The van der Waals surface area contributed by atoms with E-state index in [1.165, 1.54) is 0 Å². The Morgan fingerprint density at radius 3 is 2.42 bits per heavy atom. The van der Waals surface area contributed by atoms with E-state index >= 15 is 0 Å². The maximum absolute atomic E-state index is 5.88. The van der Waals surface area contributed by atoms with Gasteiger partial charge in [-0.05, 0) is 27.2 Å². The first kappa shape index (κ1) is 10.0. The molecule has 0 aromatic carbocycles. The van der Waals surface area contributed by atoms with Crippen molar-refractivity contribution in [1.29, 1.82) is 0 Å². The van der Waals surface area contributed by atoms with Gasteiger partial charge in [0, 0.05) is 6.42 Å². The van der Waals surface area contributed by atoms with Gasteiger partial charge in [-0.1, -0.05) is 13.3 Å². The molecule has 12 heavy (non-hydrogen) atoms. The zero-order chi connectivity index (χ0) is 9.24. The Balaban J connectivity index is 2.55. The summed E-state index contributed by atoms with van der Waals surface area (Å²) < 4.78 is 11.5. The highest BCUT2D eigenvalue weighted by Crippen LogP contribution is 2.32. The van der Waals surface area contributed by atoms with Crippen LogP contribution in [0, 0.1) is 0 Å². The van der Waals surface area contributed by atoms with Crippen molar-refractivity contribution < 1.29 is 9.47 Å². The van der Waals surface area contributed by atoms with E-state index in [1.54, 1.807) is 0 Å². The minimum Gasteiger partial charge on any atom is -0.350 e. The standard InChI is InChI=1S/C10H20O2/c1-5-6-10(4)11-8-7-9(2,3)12-10/h5-8H2,1-4H3. The molecule has 0 aromatic heterocycles. The quantitative estimate of drug-likeness (QED) is 0.637. The van der Waals surface area contributed by atoms with Crippen molar-refractivity contribution in [3.8, 4) is 0 Å². The van der Waals surface area contributed by atoms with Crippen LogP contribution in [0.25, 0.3) is 0 Å². The van der Waals surface area contributed by atoms with Gasteiger partial charge >= 0.3 is 0 Å². The summed E-state index contributed by atoms with van der Waals surface area (Å²) in [6.07, 6.45) is 3.08. The number of hydrogen-bond donors (Lipinski definition) is 0. The first-order chi connectivity index (χ1) is 5.47. The molecule has 0 amide bonds. The molecule has 2 heteroatoms. The first-order valence-electron chi connectivity index (χ1n) is 4.82. The van der Waals surface area contributed by atoms with Crippen LogP contribution < -0.4 is 0 Å². The van der Waals surface area contributed by atoms with Crippen molar-refractivity contribution in [2.45, 2.75) is 58.3 Å². The lowest BCUT2D eigenvalue weighted by molar-refractivity contribution is -0.312. The summed E-state index contributed by atoms with van der Waals surface area (Å²) in [6.45, 7) is 9.27. The number of rotatable bonds is 2. The zero-order valence-electron chi connectivity index (χ0n) is 8.64. The normalized spacial score (nSPS) is 35.0. The Labute approximate surface area is 75.2 Å². The van der Waals surface area contributed by atoms with Crippen LogP contribution in [0.3, 0.4) is 0 Å². The van der Waals surface area contributed by atoms with Gasteiger partial charge in [-0.2, -0.15) is 0 Å². The van der Waals surface area contributed by atoms with E-state index < -0.39 is 0 Å². The number of ether oxygens (including phenoxy) is 2. The fraction of sp³-hybridized carbons (Fsp3) is 1.00. The highest BCUT2D eigenvalue weighted by atomic mass is 16.7. The molecule has 0 aromatic rings. The van der Waals surface area contributed by atoms with Gasteiger partial charge < -0.3 is 9.47 Å². The minimum atomic E-state index is -0.337. The molecule has 1 atom stereocenters. The second-order valence-electron chi connectivity index (χ2n) is 4.34. The first-order valence-corrected chi connectivity index (χ1v) is 4.82. The van der Waals surface area contributed by atoms with Gasteiger partial charge in [0.2, 0.25) is 0 Å². The predicted octanol–water partition coefficient (Wildman–Crippen LogP) is 2.72. The minimum absolute atomic E-state index is 0.0117. The molecule has 1 aliphatic heterocycles. The molecule has 1 unspecified atom stereocenters. The van der Waals surface area contributed by atoms with Crippen LogP contribution in [0.15, 0.2) is 0 Å². The maximum Gasteiger partial charge on any atom is 0.166 e. The van der Waals surface area contributed by atoms with Gasteiger partial charge in [-0.25, -0.2) is 0 Å². The molecule has 1 fully saturated rings. The molecule has 1 heterocycles. The Kier molecular flexibility index (Phi) is 2.79. The van der Waals surface area contributed by atoms with Crippen molar-refractivity contribution in [3.63, 3.8) is 0 Å². The van der Waals surface area contributed by atoms with E-state index in [9.17, 15) is 0 Å². The third kappa shape index (κ3) is 2.46. The molecule has 1 saturated heterocycles. The third-order valence-corrected chi connectivity index (χ3v) is 2.31. The molecule has 0 saturated carbocycles. The maximum atomic E-state index is 5.88. The van der Waals surface area contributed by atoms with Crippen molar-refractivity contribution in [1.82, 2.24) is 0 Å². The van der Waals surface area contributed by atoms with Crippen LogP contribution in [-0.4, -0.2) is 18.0 Å². The largest absolute Gasteiger partial charge is 0.350 e. The van der Waals surface area contributed by atoms with Crippen LogP contribution in [0.4, 0.5) is 0 Å². The van der Waals surface area contributed by atoms with E-state index in [1.807, 2.05) is 6.92 Å². The molecular weight excluding hydrogens is 152 g/mol. The van der Waals surface area contributed by atoms with Crippen molar-refractivity contribution in [2.75, 3.05) is 6.61 Å². The smallest absolute Gasteiger partial charge is 0.166 e. The zero-order valence-corrected chi connectivity index (χ0v) is 8.64.